The molecule has 1 atom stereocenters. The quantitative estimate of drug-likeness (QED) is 0.853. The van der Waals surface area contributed by atoms with Gasteiger partial charge in [0.15, 0.2) is 0 Å². The molecule has 0 aliphatic heterocycles. The summed E-state index contributed by atoms with van der Waals surface area (Å²) in [5.41, 5.74) is 1.23. The molecule has 20 heavy (non-hydrogen) atoms. The summed E-state index contributed by atoms with van der Waals surface area (Å²) in [6, 6.07) is 8.05. The molecule has 5 heteroatoms. The van der Waals surface area contributed by atoms with Gasteiger partial charge in [0.25, 0.3) is 0 Å². The van der Waals surface area contributed by atoms with Crippen molar-refractivity contribution in [1.29, 1.82) is 0 Å². The molecule has 0 bridgehead atoms. The van der Waals surface area contributed by atoms with Crippen LogP contribution in [-0.2, 0) is 13.0 Å². The lowest BCUT2D eigenvalue weighted by molar-refractivity contribution is 0.534. The first kappa shape index (κ1) is 15.0. The van der Waals surface area contributed by atoms with Gasteiger partial charge in [-0.2, -0.15) is 5.10 Å². The molecule has 0 spiro atoms. The largest absolute Gasteiger partial charge is 0.319 e. The summed E-state index contributed by atoms with van der Waals surface area (Å²) in [5, 5.41) is 8.32. The van der Waals surface area contributed by atoms with E-state index in [-0.39, 0.29) is 0 Å². The van der Waals surface area contributed by atoms with E-state index >= 15 is 0 Å². The van der Waals surface area contributed by atoms with Gasteiger partial charge in [-0.25, -0.2) is 4.98 Å². The lowest BCUT2D eigenvalue weighted by Crippen LogP contribution is -2.21. The van der Waals surface area contributed by atoms with E-state index in [0.29, 0.717) is 5.92 Å². The maximum absolute atomic E-state index is 6.10. The highest BCUT2D eigenvalue weighted by molar-refractivity contribution is 6.30. The highest BCUT2D eigenvalue weighted by atomic mass is 35.5. The van der Waals surface area contributed by atoms with Crippen LogP contribution in [0.15, 0.2) is 30.6 Å². The van der Waals surface area contributed by atoms with E-state index in [2.05, 4.69) is 28.4 Å². The zero-order valence-corrected chi connectivity index (χ0v) is 12.8. The molecule has 0 amide bonds. The topological polar surface area (TPSA) is 42.7 Å². The van der Waals surface area contributed by atoms with Crippen LogP contribution in [0, 0.1) is 0 Å². The van der Waals surface area contributed by atoms with E-state index in [4.69, 9.17) is 11.6 Å². The molecule has 1 aromatic carbocycles. The van der Waals surface area contributed by atoms with Crippen molar-refractivity contribution in [2.75, 3.05) is 13.6 Å². The minimum Gasteiger partial charge on any atom is -0.319 e. The highest BCUT2D eigenvalue weighted by Gasteiger charge is 2.15. The summed E-state index contributed by atoms with van der Waals surface area (Å²) in [6.07, 6.45) is 3.56. The molecule has 2 aromatic rings. The normalized spacial score (nSPS) is 12.6. The fourth-order valence-electron chi connectivity index (χ4n) is 2.38. The van der Waals surface area contributed by atoms with Gasteiger partial charge >= 0.3 is 0 Å². The molecule has 4 nitrogen and oxygen atoms in total. The molecule has 1 N–H and O–H groups in total. The van der Waals surface area contributed by atoms with Gasteiger partial charge < -0.3 is 5.32 Å². The second-order valence-electron chi connectivity index (χ2n) is 4.91. The molecule has 2 rings (SSSR count). The number of hydrogen-bond donors (Lipinski definition) is 1. The van der Waals surface area contributed by atoms with Gasteiger partial charge in [-0.3, -0.25) is 4.68 Å². The van der Waals surface area contributed by atoms with Crippen LogP contribution in [-0.4, -0.2) is 28.4 Å². The van der Waals surface area contributed by atoms with E-state index in [0.717, 1.165) is 36.8 Å². The number of nitrogens with zero attached hydrogens (tertiary/aromatic N) is 3. The van der Waals surface area contributed by atoms with E-state index < -0.39 is 0 Å². The van der Waals surface area contributed by atoms with E-state index in [9.17, 15) is 0 Å². The van der Waals surface area contributed by atoms with E-state index in [1.54, 1.807) is 6.33 Å². The number of halogens is 1. The number of benzene rings is 1. The van der Waals surface area contributed by atoms with Crippen LogP contribution in [0.4, 0.5) is 0 Å². The zero-order chi connectivity index (χ0) is 14.4. The standard InChI is InChI=1S/C15H21ClN4/c1-3-7-20-15(18-11-19-20)9-13(10-17-2)12-5-4-6-14(16)8-12/h4-6,8,11,13,17H,3,7,9-10H2,1-2H3. The third kappa shape index (κ3) is 3.81. The first-order chi connectivity index (χ1) is 9.74. The van der Waals surface area contributed by atoms with Gasteiger partial charge in [-0.05, 0) is 31.2 Å². The molecule has 0 saturated carbocycles. The number of rotatable bonds is 7. The second kappa shape index (κ2) is 7.41. The number of aryl methyl sites for hydroxylation is 1. The molecule has 1 aromatic heterocycles. The van der Waals surface area contributed by atoms with Gasteiger partial charge in [0.2, 0.25) is 0 Å². The number of nitrogens with one attached hydrogen (secondary N) is 1. The monoisotopic (exact) mass is 292 g/mol. The molecule has 0 radical (unpaired) electrons. The molecular formula is C15H21ClN4. The van der Waals surface area contributed by atoms with Crippen molar-refractivity contribution in [3.8, 4) is 0 Å². The summed E-state index contributed by atoms with van der Waals surface area (Å²) >= 11 is 6.10. The van der Waals surface area contributed by atoms with Gasteiger partial charge in [-0.1, -0.05) is 30.7 Å². The van der Waals surface area contributed by atoms with Crippen LogP contribution >= 0.6 is 11.6 Å². The summed E-state index contributed by atoms with van der Waals surface area (Å²) in [5.74, 6) is 1.38. The van der Waals surface area contributed by atoms with Crippen molar-refractivity contribution in [2.24, 2.45) is 0 Å². The third-order valence-corrected chi connectivity index (χ3v) is 3.57. The van der Waals surface area contributed by atoms with Crippen LogP contribution in [0.3, 0.4) is 0 Å². The Kier molecular flexibility index (Phi) is 5.56. The van der Waals surface area contributed by atoms with Crippen molar-refractivity contribution in [3.63, 3.8) is 0 Å². The smallest absolute Gasteiger partial charge is 0.138 e. The fraction of sp³-hybridized carbons (Fsp3) is 0.467. The Morgan fingerprint density at radius 2 is 2.25 bits per heavy atom. The number of likely N-dealkylation sites (N-methyl/N-ethyl adjacent to an activating group) is 1. The highest BCUT2D eigenvalue weighted by Crippen LogP contribution is 2.22. The van der Waals surface area contributed by atoms with Crippen LogP contribution in [0.5, 0.6) is 0 Å². The van der Waals surface area contributed by atoms with Crippen molar-refractivity contribution >= 4 is 11.6 Å². The SMILES string of the molecule is CCCn1ncnc1CC(CNC)c1cccc(Cl)c1. The molecule has 0 saturated heterocycles. The molecule has 108 valence electrons. The fourth-order valence-corrected chi connectivity index (χ4v) is 2.58. The van der Waals surface area contributed by atoms with Crippen LogP contribution in [0.25, 0.3) is 0 Å². The molecule has 0 aliphatic carbocycles. The maximum atomic E-state index is 6.10. The minimum atomic E-state index is 0.346. The molecule has 1 unspecified atom stereocenters. The number of aromatic nitrogens is 3. The predicted octanol–water partition coefficient (Wildman–Crippen LogP) is 2.89. The minimum absolute atomic E-state index is 0.346. The lowest BCUT2D eigenvalue weighted by Gasteiger charge is -2.17. The van der Waals surface area contributed by atoms with Crippen molar-refractivity contribution < 1.29 is 0 Å². The van der Waals surface area contributed by atoms with Gasteiger partial charge in [-0.15, -0.1) is 0 Å². The molecule has 1 heterocycles. The first-order valence-electron chi connectivity index (χ1n) is 7.01. The van der Waals surface area contributed by atoms with Gasteiger partial charge in [0, 0.05) is 30.5 Å². The lowest BCUT2D eigenvalue weighted by atomic mass is 9.95. The van der Waals surface area contributed by atoms with Crippen LogP contribution in [0.1, 0.15) is 30.7 Å². The van der Waals surface area contributed by atoms with Gasteiger partial charge in [0.05, 0.1) is 0 Å². The average molecular weight is 293 g/mol. The summed E-state index contributed by atoms with van der Waals surface area (Å²) < 4.78 is 1.99. The average Bonchev–Trinajstić information content (AvgIpc) is 2.86. The van der Waals surface area contributed by atoms with Crippen LogP contribution in [0.2, 0.25) is 5.02 Å². The molecule has 0 aliphatic rings. The summed E-state index contributed by atoms with van der Waals surface area (Å²) in [6.45, 7) is 3.95. The third-order valence-electron chi connectivity index (χ3n) is 3.33. The van der Waals surface area contributed by atoms with E-state index in [1.165, 1.54) is 5.56 Å². The molecule has 0 fully saturated rings. The Morgan fingerprint density at radius 3 is 2.95 bits per heavy atom. The van der Waals surface area contributed by atoms with Crippen molar-refractivity contribution in [2.45, 2.75) is 32.2 Å². The second-order valence-corrected chi connectivity index (χ2v) is 5.35. The predicted molar refractivity (Wildman–Crippen MR) is 82.1 cm³/mol. The Labute approximate surface area is 125 Å². The first-order valence-corrected chi connectivity index (χ1v) is 7.39. The summed E-state index contributed by atoms with van der Waals surface area (Å²) in [7, 11) is 1.97. The Balaban J connectivity index is 2.18. The van der Waals surface area contributed by atoms with Crippen LogP contribution < -0.4 is 5.32 Å². The van der Waals surface area contributed by atoms with E-state index in [1.807, 2.05) is 29.9 Å². The van der Waals surface area contributed by atoms with Crippen molar-refractivity contribution in [1.82, 2.24) is 20.1 Å². The molecular weight excluding hydrogens is 272 g/mol. The summed E-state index contributed by atoms with van der Waals surface area (Å²) in [4.78, 5) is 4.40. The van der Waals surface area contributed by atoms with Crippen molar-refractivity contribution in [3.05, 3.63) is 47.0 Å². The Bertz CT molecular complexity index is 538. The van der Waals surface area contributed by atoms with Gasteiger partial charge in [0.1, 0.15) is 12.2 Å². The Morgan fingerprint density at radius 1 is 1.40 bits per heavy atom. The maximum Gasteiger partial charge on any atom is 0.138 e. The number of hydrogen-bond acceptors (Lipinski definition) is 3. The zero-order valence-electron chi connectivity index (χ0n) is 12.0. The Hall–Kier alpha value is -1.39.